The Labute approximate surface area is 183 Å². The second-order valence-corrected chi connectivity index (χ2v) is 7.71. The Kier molecular flexibility index (Phi) is 6.70. The molecule has 4 rings (SSSR count). The highest BCUT2D eigenvalue weighted by molar-refractivity contribution is 7.18. The van der Waals surface area contributed by atoms with E-state index in [1.807, 2.05) is 19.9 Å². The number of rotatable bonds is 10. The number of carbonyl (C=O) groups excluding carboxylic acids is 1. The number of ether oxygens (including phenoxy) is 2. The molecule has 0 unspecified atom stereocenters. The number of aromatic nitrogens is 4. The highest BCUT2D eigenvalue weighted by Crippen LogP contribution is 2.27. The standard InChI is InChI=1S/C21H23N5O4S/c1-3-28-13-29-10-5-9-26-14(2)22-16-12-15(7-8-17(16)26)19(27)23-21-25-24-20(31-21)18-6-4-11-30-18/h4,6-8,11-12H,3,5,9-10,13H2,1-2H3,(H,23,25,27). The van der Waals surface area contributed by atoms with E-state index >= 15 is 0 Å². The summed E-state index contributed by atoms with van der Waals surface area (Å²) < 4.78 is 18.0. The third-order valence-corrected chi connectivity index (χ3v) is 5.47. The van der Waals surface area contributed by atoms with Crippen LogP contribution in [0.4, 0.5) is 5.13 Å². The third kappa shape index (κ3) is 4.98. The maximum Gasteiger partial charge on any atom is 0.257 e. The molecule has 0 aliphatic rings. The molecule has 1 N–H and O–H groups in total. The first-order chi connectivity index (χ1) is 15.2. The first-order valence-electron chi connectivity index (χ1n) is 9.97. The second kappa shape index (κ2) is 9.82. The number of imidazole rings is 1. The minimum atomic E-state index is -0.263. The van der Waals surface area contributed by atoms with Gasteiger partial charge in [-0.05, 0) is 50.6 Å². The quantitative estimate of drug-likeness (QED) is 0.292. The highest BCUT2D eigenvalue weighted by atomic mass is 32.1. The fraction of sp³-hybridized carbons (Fsp3) is 0.333. The lowest BCUT2D eigenvalue weighted by molar-refractivity contribution is -0.0504. The summed E-state index contributed by atoms with van der Waals surface area (Å²) >= 11 is 1.25. The largest absolute Gasteiger partial charge is 0.462 e. The van der Waals surface area contributed by atoms with Gasteiger partial charge >= 0.3 is 0 Å². The van der Waals surface area contributed by atoms with Crippen molar-refractivity contribution in [2.45, 2.75) is 26.8 Å². The van der Waals surface area contributed by atoms with Gasteiger partial charge in [-0.15, -0.1) is 10.2 Å². The number of carbonyl (C=O) groups is 1. The van der Waals surface area contributed by atoms with Crippen LogP contribution in [0.5, 0.6) is 0 Å². The van der Waals surface area contributed by atoms with Gasteiger partial charge < -0.3 is 18.5 Å². The van der Waals surface area contributed by atoms with Gasteiger partial charge in [0, 0.05) is 18.7 Å². The maximum absolute atomic E-state index is 12.7. The van der Waals surface area contributed by atoms with Crippen molar-refractivity contribution in [3.05, 3.63) is 48.0 Å². The number of nitrogens with one attached hydrogen (secondary N) is 1. The molecule has 3 heterocycles. The Morgan fingerprint density at radius 3 is 2.97 bits per heavy atom. The number of aryl methyl sites for hydroxylation is 2. The Morgan fingerprint density at radius 2 is 2.16 bits per heavy atom. The fourth-order valence-corrected chi connectivity index (χ4v) is 3.85. The number of amides is 1. The molecule has 4 aromatic rings. The monoisotopic (exact) mass is 441 g/mol. The predicted octanol–water partition coefficient (Wildman–Crippen LogP) is 4.11. The van der Waals surface area contributed by atoms with E-state index in [2.05, 4.69) is 25.1 Å². The Balaban J connectivity index is 1.41. The average molecular weight is 442 g/mol. The summed E-state index contributed by atoms with van der Waals surface area (Å²) in [5.74, 6) is 1.24. The summed E-state index contributed by atoms with van der Waals surface area (Å²) in [6.07, 6.45) is 2.41. The van der Waals surface area contributed by atoms with Crippen molar-refractivity contribution in [3.8, 4) is 10.8 Å². The molecule has 0 saturated carbocycles. The Hall–Kier alpha value is -3.08. The minimum absolute atomic E-state index is 0.263. The molecule has 0 bridgehead atoms. The second-order valence-electron chi connectivity index (χ2n) is 6.73. The van der Waals surface area contributed by atoms with Gasteiger partial charge in [-0.25, -0.2) is 4.98 Å². The molecule has 0 fully saturated rings. The van der Waals surface area contributed by atoms with E-state index in [0.717, 1.165) is 29.8 Å². The topological polar surface area (TPSA) is 104 Å². The number of fused-ring (bicyclic) bond motifs is 1. The van der Waals surface area contributed by atoms with Crippen LogP contribution in [0.3, 0.4) is 0 Å². The van der Waals surface area contributed by atoms with Crippen LogP contribution in [0.25, 0.3) is 21.8 Å². The Bertz CT molecular complexity index is 1150. The van der Waals surface area contributed by atoms with Crippen LogP contribution in [0.2, 0.25) is 0 Å². The number of furan rings is 1. The first kappa shape index (κ1) is 21.2. The molecule has 0 spiro atoms. The van der Waals surface area contributed by atoms with E-state index in [-0.39, 0.29) is 5.91 Å². The summed E-state index contributed by atoms with van der Waals surface area (Å²) in [7, 11) is 0. The van der Waals surface area contributed by atoms with E-state index in [4.69, 9.17) is 13.9 Å². The van der Waals surface area contributed by atoms with Crippen molar-refractivity contribution in [1.29, 1.82) is 0 Å². The number of anilines is 1. The fourth-order valence-electron chi connectivity index (χ4n) is 3.14. The van der Waals surface area contributed by atoms with Crippen molar-refractivity contribution < 1.29 is 18.7 Å². The van der Waals surface area contributed by atoms with Crippen LogP contribution in [-0.4, -0.2) is 45.7 Å². The van der Waals surface area contributed by atoms with Crippen LogP contribution < -0.4 is 5.32 Å². The summed E-state index contributed by atoms with van der Waals surface area (Å²) in [5, 5.41) is 11.9. The summed E-state index contributed by atoms with van der Waals surface area (Å²) in [6.45, 7) is 6.24. The van der Waals surface area contributed by atoms with E-state index < -0.39 is 0 Å². The molecule has 0 aliphatic carbocycles. The molecule has 0 radical (unpaired) electrons. The molecule has 0 aliphatic heterocycles. The number of hydrogen-bond donors (Lipinski definition) is 1. The van der Waals surface area contributed by atoms with Crippen molar-refractivity contribution in [1.82, 2.24) is 19.7 Å². The molecule has 162 valence electrons. The zero-order valence-electron chi connectivity index (χ0n) is 17.3. The summed E-state index contributed by atoms with van der Waals surface area (Å²) in [4.78, 5) is 17.3. The molecular formula is C21H23N5O4S. The van der Waals surface area contributed by atoms with Gasteiger partial charge in [-0.1, -0.05) is 11.3 Å². The molecule has 0 atom stereocenters. The lowest BCUT2D eigenvalue weighted by atomic mass is 10.2. The first-order valence-corrected chi connectivity index (χ1v) is 10.8. The summed E-state index contributed by atoms with van der Waals surface area (Å²) in [6, 6.07) is 9.06. The van der Waals surface area contributed by atoms with Crippen molar-refractivity contribution in [2.24, 2.45) is 0 Å². The van der Waals surface area contributed by atoms with Gasteiger partial charge in [0.2, 0.25) is 5.13 Å². The van der Waals surface area contributed by atoms with E-state index in [0.29, 0.717) is 41.5 Å². The number of benzene rings is 1. The molecular weight excluding hydrogens is 418 g/mol. The minimum Gasteiger partial charge on any atom is -0.462 e. The molecule has 3 aromatic heterocycles. The van der Waals surface area contributed by atoms with Gasteiger partial charge in [-0.3, -0.25) is 10.1 Å². The van der Waals surface area contributed by atoms with Crippen LogP contribution in [0.15, 0.2) is 41.0 Å². The van der Waals surface area contributed by atoms with E-state index in [1.54, 1.807) is 30.5 Å². The zero-order valence-corrected chi connectivity index (χ0v) is 18.1. The third-order valence-electron chi connectivity index (χ3n) is 4.62. The molecule has 0 saturated heterocycles. The highest BCUT2D eigenvalue weighted by Gasteiger charge is 2.15. The average Bonchev–Trinajstić information content (AvgIpc) is 3.50. The maximum atomic E-state index is 12.7. The van der Waals surface area contributed by atoms with Gasteiger partial charge in [-0.2, -0.15) is 0 Å². The smallest absolute Gasteiger partial charge is 0.257 e. The van der Waals surface area contributed by atoms with Crippen molar-refractivity contribution >= 4 is 33.4 Å². The SMILES string of the molecule is CCOCOCCCn1c(C)nc2cc(C(=O)Nc3nnc(-c4ccco4)s3)ccc21. The summed E-state index contributed by atoms with van der Waals surface area (Å²) in [5.41, 5.74) is 2.26. The van der Waals surface area contributed by atoms with Gasteiger partial charge in [0.25, 0.3) is 5.91 Å². The molecule has 1 amide bonds. The van der Waals surface area contributed by atoms with Gasteiger partial charge in [0.05, 0.1) is 23.9 Å². The molecule has 31 heavy (non-hydrogen) atoms. The van der Waals surface area contributed by atoms with Gasteiger partial charge in [0.1, 0.15) is 12.6 Å². The van der Waals surface area contributed by atoms with Crippen LogP contribution in [0, 0.1) is 6.92 Å². The van der Waals surface area contributed by atoms with Crippen molar-refractivity contribution in [2.75, 3.05) is 25.3 Å². The van der Waals surface area contributed by atoms with Crippen LogP contribution in [-0.2, 0) is 16.0 Å². The van der Waals surface area contributed by atoms with Crippen LogP contribution in [0.1, 0.15) is 29.5 Å². The number of nitrogens with zero attached hydrogens (tertiary/aromatic N) is 4. The normalized spacial score (nSPS) is 11.3. The number of hydrogen-bond acceptors (Lipinski definition) is 8. The lowest BCUT2D eigenvalue weighted by Crippen LogP contribution is -2.11. The molecule has 1 aromatic carbocycles. The van der Waals surface area contributed by atoms with Gasteiger partial charge in [0.15, 0.2) is 10.8 Å². The zero-order chi connectivity index (χ0) is 21.6. The Morgan fingerprint density at radius 1 is 1.26 bits per heavy atom. The van der Waals surface area contributed by atoms with E-state index in [9.17, 15) is 4.79 Å². The molecule has 10 heteroatoms. The van der Waals surface area contributed by atoms with Crippen molar-refractivity contribution in [3.63, 3.8) is 0 Å². The van der Waals surface area contributed by atoms with Crippen LogP contribution >= 0.6 is 11.3 Å². The lowest BCUT2D eigenvalue weighted by Gasteiger charge is -2.08. The predicted molar refractivity (Wildman–Crippen MR) is 117 cm³/mol. The molecule has 9 nitrogen and oxygen atoms in total. The van der Waals surface area contributed by atoms with E-state index in [1.165, 1.54) is 11.3 Å².